The van der Waals surface area contributed by atoms with Gasteiger partial charge in [-0.1, -0.05) is 0 Å². The summed E-state index contributed by atoms with van der Waals surface area (Å²) >= 11 is 0. The SMILES string of the molecule is Fc1ccc2ncnc(-n3cccn3)c2c1. The first-order chi connectivity index (χ1) is 7.84. The van der Waals surface area contributed by atoms with Crippen LogP contribution in [0.15, 0.2) is 43.0 Å². The van der Waals surface area contributed by atoms with E-state index in [1.165, 1.54) is 18.5 Å². The molecule has 0 bridgehead atoms. The molecule has 4 nitrogen and oxygen atoms in total. The minimum atomic E-state index is -0.310. The van der Waals surface area contributed by atoms with Crippen molar-refractivity contribution < 1.29 is 4.39 Å². The maximum absolute atomic E-state index is 13.2. The van der Waals surface area contributed by atoms with Crippen molar-refractivity contribution in [2.75, 3.05) is 0 Å². The monoisotopic (exact) mass is 214 g/mol. The van der Waals surface area contributed by atoms with Crippen molar-refractivity contribution in [3.05, 3.63) is 48.8 Å². The summed E-state index contributed by atoms with van der Waals surface area (Å²) in [6, 6.07) is 6.20. The fourth-order valence-corrected chi connectivity index (χ4v) is 1.59. The highest BCUT2D eigenvalue weighted by Gasteiger charge is 2.06. The van der Waals surface area contributed by atoms with Gasteiger partial charge in [-0.25, -0.2) is 19.0 Å². The van der Waals surface area contributed by atoms with Crippen LogP contribution in [0.4, 0.5) is 4.39 Å². The number of benzene rings is 1. The standard InChI is InChI=1S/C11H7FN4/c12-8-2-3-10-9(6-8)11(14-7-13-10)16-5-1-4-15-16/h1-7H. The molecular formula is C11H7FN4. The van der Waals surface area contributed by atoms with Crippen LogP contribution in [-0.4, -0.2) is 19.7 Å². The molecule has 0 spiro atoms. The molecule has 0 saturated carbocycles. The van der Waals surface area contributed by atoms with Gasteiger partial charge in [-0.2, -0.15) is 5.10 Å². The van der Waals surface area contributed by atoms with Crippen LogP contribution in [0.2, 0.25) is 0 Å². The van der Waals surface area contributed by atoms with Crippen molar-refractivity contribution in [2.24, 2.45) is 0 Å². The third kappa shape index (κ3) is 1.33. The average molecular weight is 214 g/mol. The summed E-state index contributed by atoms with van der Waals surface area (Å²) in [4.78, 5) is 8.19. The molecule has 5 heteroatoms. The number of rotatable bonds is 1. The first-order valence-corrected chi connectivity index (χ1v) is 4.75. The van der Waals surface area contributed by atoms with E-state index in [4.69, 9.17) is 0 Å². The van der Waals surface area contributed by atoms with Gasteiger partial charge in [0.2, 0.25) is 0 Å². The smallest absolute Gasteiger partial charge is 0.164 e. The topological polar surface area (TPSA) is 43.6 Å². The summed E-state index contributed by atoms with van der Waals surface area (Å²) in [5.74, 6) is 0.269. The highest BCUT2D eigenvalue weighted by Crippen LogP contribution is 2.18. The molecule has 0 unspecified atom stereocenters. The Labute approximate surface area is 90.4 Å². The van der Waals surface area contributed by atoms with Crippen LogP contribution in [0.3, 0.4) is 0 Å². The molecule has 0 atom stereocenters. The third-order valence-electron chi connectivity index (χ3n) is 2.30. The molecule has 16 heavy (non-hydrogen) atoms. The van der Waals surface area contributed by atoms with Gasteiger partial charge >= 0.3 is 0 Å². The van der Waals surface area contributed by atoms with Crippen molar-refractivity contribution in [1.29, 1.82) is 0 Å². The van der Waals surface area contributed by atoms with Gasteiger partial charge in [-0.05, 0) is 24.3 Å². The number of fused-ring (bicyclic) bond motifs is 1. The van der Waals surface area contributed by atoms with Crippen LogP contribution >= 0.6 is 0 Å². The fraction of sp³-hybridized carbons (Fsp3) is 0. The van der Waals surface area contributed by atoms with Gasteiger partial charge in [0.25, 0.3) is 0 Å². The minimum absolute atomic E-state index is 0.310. The summed E-state index contributed by atoms with van der Waals surface area (Å²) in [6.45, 7) is 0. The van der Waals surface area contributed by atoms with Crippen molar-refractivity contribution in [1.82, 2.24) is 19.7 Å². The number of hydrogen-bond acceptors (Lipinski definition) is 3. The van der Waals surface area contributed by atoms with Gasteiger partial charge in [0.15, 0.2) is 5.82 Å². The second kappa shape index (κ2) is 3.37. The van der Waals surface area contributed by atoms with E-state index < -0.39 is 0 Å². The maximum atomic E-state index is 13.2. The van der Waals surface area contributed by atoms with Crippen LogP contribution in [-0.2, 0) is 0 Å². The Bertz CT molecular complexity index is 634. The zero-order valence-corrected chi connectivity index (χ0v) is 8.21. The largest absolute Gasteiger partial charge is 0.236 e. The van der Waals surface area contributed by atoms with E-state index in [9.17, 15) is 4.39 Å². The van der Waals surface area contributed by atoms with Crippen molar-refractivity contribution >= 4 is 10.9 Å². The van der Waals surface area contributed by atoms with E-state index in [-0.39, 0.29) is 5.82 Å². The van der Waals surface area contributed by atoms with Crippen LogP contribution in [0, 0.1) is 5.82 Å². The molecule has 1 aromatic carbocycles. The molecule has 0 aliphatic carbocycles. The molecule has 0 aliphatic heterocycles. The lowest BCUT2D eigenvalue weighted by atomic mass is 10.2. The highest BCUT2D eigenvalue weighted by atomic mass is 19.1. The quantitative estimate of drug-likeness (QED) is 0.621. The lowest BCUT2D eigenvalue weighted by molar-refractivity contribution is 0.629. The Balaban J connectivity index is 2.36. The first-order valence-electron chi connectivity index (χ1n) is 4.75. The number of hydrogen-bond donors (Lipinski definition) is 0. The van der Waals surface area contributed by atoms with Crippen LogP contribution in [0.5, 0.6) is 0 Å². The molecule has 0 aliphatic rings. The van der Waals surface area contributed by atoms with E-state index in [1.807, 2.05) is 0 Å². The van der Waals surface area contributed by atoms with Gasteiger partial charge in [0.1, 0.15) is 12.1 Å². The predicted octanol–water partition coefficient (Wildman–Crippen LogP) is 1.95. The number of aromatic nitrogens is 4. The molecule has 78 valence electrons. The normalized spacial score (nSPS) is 10.8. The van der Waals surface area contributed by atoms with Crippen LogP contribution < -0.4 is 0 Å². The Morgan fingerprint density at radius 1 is 1.19 bits per heavy atom. The summed E-state index contributed by atoms with van der Waals surface area (Å²) in [6.07, 6.45) is 4.84. The Kier molecular flexibility index (Phi) is 1.89. The molecule has 0 amide bonds. The second-order valence-electron chi connectivity index (χ2n) is 3.31. The number of halogens is 1. The lowest BCUT2D eigenvalue weighted by Gasteiger charge is -2.04. The second-order valence-corrected chi connectivity index (χ2v) is 3.31. The summed E-state index contributed by atoms with van der Waals surface area (Å²) < 4.78 is 14.8. The van der Waals surface area contributed by atoms with E-state index in [0.29, 0.717) is 16.7 Å². The van der Waals surface area contributed by atoms with Gasteiger partial charge in [-0.15, -0.1) is 0 Å². The van der Waals surface area contributed by atoms with Crippen molar-refractivity contribution in [3.8, 4) is 5.82 Å². The molecule has 0 saturated heterocycles. The molecule has 2 aromatic heterocycles. The van der Waals surface area contributed by atoms with Gasteiger partial charge in [0.05, 0.1) is 5.52 Å². The first kappa shape index (κ1) is 8.96. The predicted molar refractivity (Wildman–Crippen MR) is 56.6 cm³/mol. The average Bonchev–Trinajstić information content (AvgIpc) is 2.81. The minimum Gasteiger partial charge on any atom is -0.236 e. The molecule has 0 radical (unpaired) electrons. The highest BCUT2D eigenvalue weighted by molar-refractivity contribution is 5.84. The molecular weight excluding hydrogens is 207 g/mol. The van der Waals surface area contributed by atoms with E-state index in [0.717, 1.165) is 0 Å². The zero-order chi connectivity index (χ0) is 11.0. The molecule has 0 N–H and O–H groups in total. The van der Waals surface area contributed by atoms with Gasteiger partial charge < -0.3 is 0 Å². The number of nitrogens with zero attached hydrogens (tertiary/aromatic N) is 4. The van der Waals surface area contributed by atoms with Crippen molar-refractivity contribution in [2.45, 2.75) is 0 Å². The van der Waals surface area contributed by atoms with Crippen molar-refractivity contribution in [3.63, 3.8) is 0 Å². The van der Waals surface area contributed by atoms with Crippen LogP contribution in [0.1, 0.15) is 0 Å². The summed E-state index contributed by atoms with van der Waals surface area (Å²) in [5, 5.41) is 4.71. The van der Waals surface area contributed by atoms with Crippen LogP contribution in [0.25, 0.3) is 16.7 Å². The third-order valence-corrected chi connectivity index (χ3v) is 2.30. The van der Waals surface area contributed by atoms with Gasteiger partial charge in [0, 0.05) is 17.8 Å². The fourth-order valence-electron chi connectivity index (χ4n) is 1.59. The van der Waals surface area contributed by atoms with E-state index in [1.54, 1.807) is 29.2 Å². The Morgan fingerprint density at radius 2 is 2.12 bits per heavy atom. The maximum Gasteiger partial charge on any atom is 0.164 e. The van der Waals surface area contributed by atoms with E-state index >= 15 is 0 Å². The Hall–Kier alpha value is -2.30. The molecule has 3 rings (SSSR count). The van der Waals surface area contributed by atoms with E-state index in [2.05, 4.69) is 15.1 Å². The van der Waals surface area contributed by atoms with Gasteiger partial charge in [-0.3, -0.25) is 0 Å². The molecule has 0 fully saturated rings. The summed E-state index contributed by atoms with van der Waals surface area (Å²) in [7, 11) is 0. The zero-order valence-electron chi connectivity index (χ0n) is 8.21. The molecule has 2 heterocycles. The molecule has 3 aromatic rings. The lowest BCUT2D eigenvalue weighted by Crippen LogP contribution is -2.00. The Morgan fingerprint density at radius 3 is 2.94 bits per heavy atom. The summed E-state index contributed by atoms with van der Waals surface area (Å²) in [5.41, 5.74) is 0.696.